The van der Waals surface area contributed by atoms with Crippen LogP contribution < -0.4 is 19.5 Å². The van der Waals surface area contributed by atoms with E-state index in [0.29, 0.717) is 22.9 Å². The Morgan fingerprint density at radius 3 is 2.17 bits per heavy atom. The first kappa shape index (κ1) is 25.1. The highest BCUT2D eigenvalue weighted by atomic mass is 32.1. The summed E-state index contributed by atoms with van der Waals surface area (Å²) in [5, 5.41) is 3.01. The molecule has 6 heteroatoms. The third-order valence-electron chi connectivity index (χ3n) is 7.19. The molecular weight excluding hydrogens is 458 g/mol. The second-order valence-electron chi connectivity index (χ2n) is 10.4. The van der Waals surface area contributed by atoms with Gasteiger partial charge in [-0.25, -0.2) is 0 Å². The van der Waals surface area contributed by atoms with Crippen LogP contribution in [0.4, 0.5) is 0 Å². The fourth-order valence-electron chi connectivity index (χ4n) is 4.92. The topological polar surface area (TPSA) is 56.8 Å². The summed E-state index contributed by atoms with van der Waals surface area (Å²) in [4.78, 5) is 14.7. The second-order valence-corrected chi connectivity index (χ2v) is 11.4. The molecule has 4 rings (SSSR count). The zero-order chi connectivity index (χ0) is 25.4. The quantitative estimate of drug-likeness (QED) is 0.397. The Balaban J connectivity index is 1.61. The molecule has 1 N–H and O–H groups in total. The molecule has 1 aromatic heterocycles. The van der Waals surface area contributed by atoms with Crippen LogP contribution in [0.15, 0.2) is 42.5 Å². The van der Waals surface area contributed by atoms with Gasteiger partial charge in [0.15, 0.2) is 11.5 Å². The average molecular weight is 494 g/mol. The van der Waals surface area contributed by atoms with Gasteiger partial charge in [-0.05, 0) is 65.1 Å². The number of amides is 1. The summed E-state index contributed by atoms with van der Waals surface area (Å²) >= 11 is 1.48. The summed E-state index contributed by atoms with van der Waals surface area (Å²) in [7, 11) is 4.92. The van der Waals surface area contributed by atoms with Gasteiger partial charge in [0.1, 0.15) is 5.75 Å². The predicted molar refractivity (Wildman–Crippen MR) is 142 cm³/mol. The number of nitrogens with one attached hydrogen (secondary N) is 1. The highest BCUT2D eigenvalue weighted by Gasteiger charge is 2.38. The molecule has 1 aliphatic carbocycles. The SMILES string of the molecule is COc1cc2c(cc1-c1ccc(C(=O)NCc3cccc(OC)c3OC)s1)C(C)(C)CCC2(C)C. The number of thiophene rings is 1. The van der Waals surface area contributed by atoms with Crippen molar-refractivity contribution in [2.24, 2.45) is 0 Å². The van der Waals surface area contributed by atoms with E-state index in [1.165, 1.54) is 22.5 Å². The van der Waals surface area contributed by atoms with Crippen molar-refractivity contribution >= 4 is 17.2 Å². The highest BCUT2D eigenvalue weighted by molar-refractivity contribution is 7.17. The Labute approximate surface area is 212 Å². The van der Waals surface area contributed by atoms with E-state index in [1.807, 2.05) is 30.3 Å². The predicted octanol–water partition coefficient (Wildman–Crippen LogP) is 6.72. The van der Waals surface area contributed by atoms with Gasteiger partial charge in [-0.2, -0.15) is 0 Å². The van der Waals surface area contributed by atoms with E-state index < -0.39 is 0 Å². The van der Waals surface area contributed by atoms with Gasteiger partial charge in [0, 0.05) is 22.5 Å². The smallest absolute Gasteiger partial charge is 0.261 e. The Bertz CT molecular complexity index is 1240. The van der Waals surface area contributed by atoms with Gasteiger partial charge in [-0.3, -0.25) is 4.79 Å². The summed E-state index contributed by atoms with van der Waals surface area (Å²) in [6.45, 7) is 9.60. The number of hydrogen-bond donors (Lipinski definition) is 1. The Morgan fingerprint density at radius 2 is 1.54 bits per heavy atom. The number of rotatable bonds is 7. The number of hydrogen-bond acceptors (Lipinski definition) is 5. The normalized spacial score (nSPS) is 15.7. The summed E-state index contributed by atoms with van der Waals surface area (Å²) in [6.07, 6.45) is 2.29. The molecule has 0 unspecified atom stereocenters. The summed E-state index contributed by atoms with van der Waals surface area (Å²) < 4.78 is 16.7. The summed E-state index contributed by atoms with van der Waals surface area (Å²) in [5.74, 6) is 2.00. The zero-order valence-corrected chi connectivity index (χ0v) is 22.5. The van der Waals surface area contributed by atoms with Crippen LogP contribution in [0, 0.1) is 0 Å². The van der Waals surface area contributed by atoms with Crippen molar-refractivity contribution < 1.29 is 19.0 Å². The molecule has 2 aromatic carbocycles. The molecule has 186 valence electrons. The first-order valence-corrected chi connectivity index (χ1v) is 12.7. The number of carbonyl (C=O) groups is 1. The van der Waals surface area contributed by atoms with Gasteiger partial charge in [-0.1, -0.05) is 39.8 Å². The van der Waals surface area contributed by atoms with E-state index in [2.05, 4.69) is 45.1 Å². The van der Waals surface area contributed by atoms with E-state index >= 15 is 0 Å². The lowest BCUT2D eigenvalue weighted by Gasteiger charge is -2.42. The lowest BCUT2D eigenvalue weighted by atomic mass is 9.63. The van der Waals surface area contributed by atoms with Crippen molar-refractivity contribution in [3.05, 3.63) is 64.0 Å². The fourth-order valence-corrected chi connectivity index (χ4v) is 5.86. The molecule has 35 heavy (non-hydrogen) atoms. The lowest BCUT2D eigenvalue weighted by Crippen LogP contribution is -2.33. The van der Waals surface area contributed by atoms with Crippen LogP contribution >= 0.6 is 11.3 Å². The van der Waals surface area contributed by atoms with Crippen LogP contribution in [0.25, 0.3) is 10.4 Å². The molecular formula is C29H35NO4S. The molecule has 0 aliphatic heterocycles. The van der Waals surface area contributed by atoms with Crippen LogP contribution in [0.5, 0.6) is 17.2 Å². The standard InChI is InChI=1S/C29H35NO4S/c1-28(2)13-14-29(3,4)21-16-23(33-6)19(15-20(21)28)24-11-12-25(35-24)27(31)30-17-18-9-8-10-22(32-5)26(18)34-7/h8-12,15-16H,13-14,17H2,1-7H3,(H,30,31). The Kier molecular flexibility index (Phi) is 6.87. The van der Waals surface area contributed by atoms with Crippen molar-refractivity contribution in [2.45, 2.75) is 57.9 Å². The summed E-state index contributed by atoms with van der Waals surface area (Å²) in [6, 6.07) is 14.0. The van der Waals surface area contributed by atoms with Crippen molar-refractivity contribution in [1.29, 1.82) is 0 Å². The van der Waals surface area contributed by atoms with Gasteiger partial charge in [0.25, 0.3) is 5.91 Å². The van der Waals surface area contributed by atoms with E-state index in [0.717, 1.165) is 34.6 Å². The Hall–Kier alpha value is -2.99. The molecule has 3 aromatic rings. The third-order valence-corrected chi connectivity index (χ3v) is 8.31. The number of fused-ring (bicyclic) bond motifs is 1. The lowest BCUT2D eigenvalue weighted by molar-refractivity contribution is 0.0954. The van der Waals surface area contributed by atoms with Crippen LogP contribution in [0.3, 0.4) is 0 Å². The maximum atomic E-state index is 13.0. The minimum Gasteiger partial charge on any atom is -0.496 e. The van der Waals surface area contributed by atoms with Gasteiger partial charge < -0.3 is 19.5 Å². The molecule has 0 atom stereocenters. The van der Waals surface area contributed by atoms with Crippen molar-refractivity contribution in [3.63, 3.8) is 0 Å². The highest BCUT2D eigenvalue weighted by Crippen LogP contribution is 2.49. The molecule has 0 saturated heterocycles. The molecule has 1 heterocycles. The molecule has 0 fully saturated rings. The van der Waals surface area contributed by atoms with Gasteiger partial charge in [0.2, 0.25) is 0 Å². The molecule has 1 aliphatic rings. The summed E-state index contributed by atoms with van der Waals surface area (Å²) in [5.41, 5.74) is 4.83. The van der Waals surface area contributed by atoms with E-state index in [-0.39, 0.29) is 16.7 Å². The van der Waals surface area contributed by atoms with Crippen LogP contribution in [-0.2, 0) is 17.4 Å². The van der Waals surface area contributed by atoms with E-state index in [9.17, 15) is 4.79 Å². The number of ether oxygens (including phenoxy) is 3. The molecule has 0 radical (unpaired) electrons. The van der Waals surface area contributed by atoms with E-state index in [4.69, 9.17) is 14.2 Å². The fraction of sp³-hybridized carbons (Fsp3) is 0.414. The monoisotopic (exact) mass is 493 g/mol. The molecule has 5 nitrogen and oxygen atoms in total. The second kappa shape index (κ2) is 9.57. The Morgan fingerprint density at radius 1 is 0.886 bits per heavy atom. The van der Waals surface area contributed by atoms with Gasteiger partial charge in [-0.15, -0.1) is 11.3 Å². The third kappa shape index (κ3) is 4.76. The van der Waals surface area contributed by atoms with Crippen LogP contribution in [0.2, 0.25) is 0 Å². The van der Waals surface area contributed by atoms with E-state index in [1.54, 1.807) is 21.3 Å². The maximum absolute atomic E-state index is 13.0. The van der Waals surface area contributed by atoms with Gasteiger partial charge >= 0.3 is 0 Å². The zero-order valence-electron chi connectivity index (χ0n) is 21.7. The number of carbonyl (C=O) groups excluding carboxylic acids is 1. The number of para-hydroxylation sites is 1. The minimum absolute atomic E-state index is 0.0964. The van der Waals surface area contributed by atoms with Crippen LogP contribution in [0.1, 0.15) is 66.9 Å². The maximum Gasteiger partial charge on any atom is 0.261 e. The molecule has 0 bridgehead atoms. The van der Waals surface area contributed by atoms with Crippen molar-refractivity contribution in [2.75, 3.05) is 21.3 Å². The number of benzene rings is 2. The van der Waals surface area contributed by atoms with Gasteiger partial charge in [0.05, 0.1) is 26.2 Å². The minimum atomic E-state index is -0.121. The molecule has 1 amide bonds. The largest absolute Gasteiger partial charge is 0.496 e. The number of methoxy groups -OCH3 is 3. The van der Waals surface area contributed by atoms with Crippen LogP contribution in [-0.4, -0.2) is 27.2 Å². The first-order chi connectivity index (χ1) is 16.6. The van der Waals surface area contributed by atoms with Crippen molar-refractivity contribution in [1.82, 2.24) is 5.32 Å². The molecule has 0 spiro atoms. The molecule has 0 saturated carbocycles. The average Bonchev–Trinajstić information content (AvgIpc) is 3.34. The van der Waals surface area contributed by atoms with Crippen molar-refractivity contribution in [3.8, 4) is 27.7 Å². The first-order valence-electron chi connectivity index (χ1n) is 11.9.